The van der Waals surface area contributed by atoms with E-state index in [2.05, 4.69) is 31.3 Å². The number of hydrogen-bond donors (Lipinski definition) is 12. The summed E-state index contributed by atoms with van der Waals surface area (Å²) in [5.41, 5.74) is 0. The summed E-state index contributed by atoms with van der Waals surface area (Å²) in [6.07, 6.45) is 14.6. The lowest BCUT2D eigenvalue weighted by Crippen LogP contribution is -2.66. The number of ether oxygens (including phenoxy) is 6. The molecule has 3 aliphatic rings. The van der Waals surface area contributed by atoms with Gasteiger partial charge in [0.2, 0.25) is 5.91 Å². The van der Waals surface area contributed by atoms with Crippen molar-refractivity contribution in [2.45, 2.75) is 304 Å². The van der Waals surface area contributed by atoms with Crippen LogP contribution in [0.25, 0.3) is 0 Å². The van der Waals surface area contributed by atoms with Gasteiger partial charge in [-0.15, -0.1) is 0 Å². The van der Waals surface area contributed by atoms with E-state index in [9.17, 15) is 61.0 Å². The molecular weight excluding hydrogens is 987 g/mol. The van der Waals surface area contributed by atoms with Gasteiger partial charge in [-0.05, 0) is 32.1 Å². The Labute approximate surface area is 454 Å². The van der Waals surface area contributed by atoms with Crippen LogP contribution < -0.4 is 5.32 Å². The molecule has 17 unspecified atom stereocenters. The molecule has 0 bridgehead atoms. The number of rotatable bonds is 43. The van der Waals surface area contributed by atoms with Crippen LogP contribution in [0.4, 0.5) is 0 Å². The zero-order chi connectivity index (χ0) is 55.5. The van der Waals surface area contributed by atoms with Crippen molar-refractivity contribution >= 4 is 5.91 Å². The number of aliphatic hydroxyl groups excluding tert-OH is 11. The second-order valence-corrected chi connectivity index (χ2v) is 21.5. The minimum absolute atomic E-state index is 0.239. The highest BCUT2D eigenvalue weighted by molar-refractivity contribution is 5.76. The quantitative estimate of drug-likeness (QED) is 0.0289. The number of aliphatic hydroxyl groups is 11. The van der Waals surface area contributed by atoms with E-state index in [-0.39, 0.29) is 18.9 Å². The highest BCUT2D eigenvalue weighted by atomic mass is 16.8. The summed E-state index contributed by atoms with van der Waals surface area (Å²) in [7, 11) is 0. The van der Waals surface area contributed by atoms with Gasteiger partial charge in [-0.1, -0.05) is 186 Å². The molecular formula is C57H105NO18. The van der Waals surface area contributed by atoms with Crippen LogP contribution in [-0.2, 0) is 33.2 Å². The first kappa shape index (κ1) is 68.5. The molecule has 0 aromatic carbocycles. The third kappa shape index (κ3) is 25.4. The van der Waals surface area contributed by atoms with Crippen LogP contribution in [0.5, 0.6) is 0 Å². The maximum absolute atomic E-state index is 13.3. The third-order valence-electron chi connectivity index (χ3n) is 15.0. The maximum atomic E-state index is 13.3. The van der Waals surface area contributed by atoms with E-state index < -0.39 is 124 Å². The number of amides is 1. The van der Waals surface area contributed by atoms with Crippen molar-refractivity contribution in [1.29, 1.82) is 0 Å². The predicted octanol–water partition coefficient (Wildman–Crippen LogP) is 4.76. The summed E-state index contributed by atoms with van der Waals surface area (Å²) in [6.45, 7) is 1.69. The first-order chi connectivity index (χ1) is 36.8. The number of nitrogens with one attached hydrogen (secondary N) is 1. The van der Waals surface area contributed by atoms with E-state index in [0.717, 1.165) is 38.5 Å². The van der Waals surface area contributed by atoms with Gasteiger partial charge in [0, 0.05) is 6.42 Å². The van der Waals surface area contributed by atoms with E-state index in [1.165, 1.54) is 128 Å². The fourth-order valence-electron chi connectivity index (χ4n) is 10.1. The monoisotopic (exact) mass is 1090 g/mol. The fourth-order valence-corrected chi connectivity index (χ4v) is 10.1. The van der Waals surface area contributed by atoms with Crippen molar-refractivity contribution in [2.24, 2.45) is 0 Å². The largest absolute Gasteiger partial charge is 0.394 e. The molecule has 0 spiro atoms. The summed E-state index contributed by atoms with van der Waals surface area (Å²) >= 11 is 0. The topological polar surface area (TPSA) is 307 Å². The van der Waals surface area contributed by atoms with Gasteiger partial charge in [-0.2, -0.15) is 0 Å². The molecule has 17 atom stereocenters. The standard InChI is InChI=1S/C57H105NO18/c1-3-5-7-9-11-13-15-16-17-18-19-20-21-22-23-25-26-28-30-32-34-41(62)40(58-45(63)35-33-31-29-27-24-14-12-10-8-6-4-2)39-71-55-51(69)48(66)53(43(37-60)73-55)76-57-52(70)49(67)54(44(38-61)74-57)75-56-50(68)47(65)46(64)42(36-59)72-56/h25-26,32,34,40-44,46-57,59-62,64-70H,3-24,27-31,33,35-39H2,1-2H3,(H,58,63)/b26-25+,34-32+. The van der Waals surface area contributed by atoms with Crippen LogP contribution in [0.2, 0.25) is 0 Å². The minimum Gasteiger partial charge on any atom is -0.394 e. The fraction of sp³-hybridized carbons (Fsp3) is 0.912. The third-order valence-corrected chi connectivity index (χ3v) is 15.0. The van der Waals surface area contributed by atoms with Crippen molar-refractivity contribution in [1.82, 2.24) is 5.32 Å². The van der Waals surface area contributed by atoms with E-state index >= 15 is 0 Å². The molecule has 12 N–H and O–H groups in total. The van der Waals surface area contributed by atoms with Gasteiger partial charge < -0.3 is 89.9 Å². The Balaban J connectivity index is 1.51. The molecule has 0 aliphatic carbocycles. The van der Waals surface area contributed by atoms with E-state index in [1.54, 1.807) is 6.08 Å². The lowest BCUT2D eigenvalue weighted by Gasteiger charge is -2.48. The zero-order valence-electron chi connectivity index (χ0n) is 46.2. The summed E-state index contributed by atoms with van der Waals surface area (Å²) < 4.78 is 34.2. The Kier molecular flexibility index (Phi) is 37.2. The number of carbonyl (C=O) groups is 1. The predicted molar refractivity (Wildman–Crippen MR) is 286 cm³/mol. The zero-order valence-corrected chi connectivity index (χ0v) is 46.2. The Morgan fingerprint density at radius 2 is 0.842 bits per heavy atom. The molecule has 0 saturated carbocycles. The molecule has 3 saturated heterocycles. The molecule has 0 radical (unpaired) electrons. The number of carbonyl (C=O) groups excluding carboxylic acids is 1. The second-order valence-electron chi connectivity index (χ2n) is 21.5. The summed E-state index contributed by atoms with van der Waals surface area (Å²) in [6, 6.07) is -0.984. The smallest absolute Gasteiger partial charge is 0.220 e. The first-order valence-corrected chi connectivity index (χ1v) is 29.6. The van der Waals surface area contributed by atoms with Gasteiger partial charge in [0.1, 0.15) is 73.2 Å². The van der Waals surface area contributed by atoms with Crippen LogP contribution in [0.3, 0.4) is 0 Å². The average molecular weight is 1090 g/mol. The molecule has 19 nitrogen and oxygen atoms in total. The summed E-state index contributed by atoms with van der Waals surface area (Å²) in [5.74, 6) is -0.287. The Hall–Kier alpha value is -1.73. The lowest BCUT2D eigenvalue weighted by atomic mass is 9.96. The van der Waals surface area contributed by atoms with Crippen molar-refractivity contribution in [3.63, 3.8) is 0 Å². The molecule has 76 heavy (non-hydrogen) atoms. The average Bonchev–Trinajstić information content (AvgIpc) is 3.42. The summed E-state index contributed by atoms with van der Waals surface area (Å²) in [5, 5.41) is 120. The van der Waals surface area contributed by atoms with E-state index in [1.807, 2.05) is 6.08 Å². The van der Waals surface area contributed by atoms with E-state index in [4.69, 9.17) is 28.4 Å². The Morgan fingerprint density at radius 1 is 0.461 bits per heavy atom. The Morgan fingerprint density at radius 3 is 1.32 bits per heavy atom. The highest BCUT2D eigenvalue weighted by Gasteiger charge is 2.53. The van der Waals surface area contributed by atoms with Gasteiger partial charge in [0.05, 0.1) is 38.6 Å². The number of unbranched alkanes of at least 4 members (excludes halogenated alkanes) is 25. The van der Waals surface area contributed by atoms with Gasteiger partial charge in [0.25, 0.3) is 0 Å². The molecule has 1 amide bonds. The van der Waals surface area contributed by atoms with Crippen LogP contribution in [0, 0.1) is 0 Å². The molecule has 446 valence electrons. The van der Waals surface area contributed by atoms with Gasteiger partial charge >= 0.3 is 0 Å². The van der Waals surface area contributed by atoms with Gasteiger partial charge in [0.15, 0.2) is 18.9 Å². The van der Waals surface area contributed by atoms with Gasteiger partial charge in [-0.25, -0.2) is 0 Å². The van der Waals surface area contributed by atoms with Crippen LogP contribution in [0.15, 0.2) is 24.3 Å². The normalized spacial score (nSPS) is 31.1. The molecule has 0 aromatic rings. The molecule has 19 heteroatoms. The Bertz CT molecular complexity index is 1490. The van der Waals surface area contributed by atoms with Crippen LogP contribution in [-0.4, -0.2) is 193 Å². The van der Waals surface area contributed by atoms with Gasteiger partial charge in [-0.3, -0.25) is 4.79 Å². The molecule has 3 aliphatic heterocycles. The van der Waals surface area contributed by atoms with Crippen molar-refractivity contribution in [3.05, 3.63) is 24.3 Å². The molecule has 3 rings (SSSR count). The molecule has 0 aromatic heterocycles. The first-order valence-electron chi connectivity index (χ1n) is 29.6. The lowest BCUT2D eigenvalue weighted by molar-refractivity contribution is -0.379. The maximum Gasteiger partial charge on any atom is 0.220 e. The van der Waals surface area contributed by atoms with Crippen molar-refractivity contribution in [3.8, 4) is 0 Å². The summed E-state index contributed by atoms with van der Waals surface area (Å²) in [4.78, 5) is 13.3. The second kappa shape index (κ2) is 41.3. The van der Waals surface area contributed by atoms with Crippen molar-refractivity contribution < 1.29 is 89.4 Å². The SMILES string of the molecule is CCCCCCCCCCCCCCCC/C=C/CC/C=C/C(O)C(COC1OC(CO)C(OC2OC(CO)C(OC3OC(CO)C(O)C(O)C3O)C(O)C2O)C(O)C1O)NC(=O)CCCCCCCCCCCCC. The van der Waals surface area contributed by atoms with Crippen LogP contribution >= 0.6 is 0 Å². The highest BCUT2D eigenvalue weighted by Crippen LogP contribution is 2.33. The number of allylic oxidation sites excluding steroid dienone is 3. The molecule has 3 fully saturated rings. The van der Waals surface area contributed by atoms with E-state index in [0.29, 0.717) is 12.8 Å². The minimum atomic E-state index is -1.98. The molecule has 3 heterocycles. The van der Waals surface area contributed by atoms with Crippen molar-refractivity contribution in [2.75, 3.05) is 26.4 Å². The number of hydrogen-bond acceptors (Lipinski definition) is 18. The van der Waals surface area contributed by atoms with Crippen LogP contribution in [0.1, 0.15) is 200 Å².